The molecule has 140 valence electrons. The molecular weight excluding hydrogens is 332 g/mol. The van der Waals surface area contributed by atoms with Gasteiger partial charge in [0.25, 0.3) is 0 Å². The lowest BCUT2D eigenvalue weighted by Crippen LogP contribution is -2.40. The van der Waals surface area contributed by atoms with Crippen molar-refractivity contribution in [2.45, 2.75) is 44.2 Å². The van der Waals surface area contributed by atoms with Gasteiger partial charge in [-0.15, -0.1) is 0 Å². The number of methoxy groups -OCH3 is 1. The normalized spacial score (nSPS) is 24.3. The first-order valence-electron chi connectivity index (χ1n) is 8.93. The van der Waals surface area contributed by atoms with Crippen LogP contribution in [-0.4, -0.2) is 37.3 Å². The summed E-state index contributed by atoms with van der Waals surface area (Å²) in [6.45, 7) is 0.837. The summed E-state index contributed by atoms with van der Waals surface area (Å²) >= 11 is 0. The number of aliphatic hydroxyl groups excluding tert-OH is 1. The fourth-order valence-electron chi connectivity index (χ4n) is 3.03. The van der Waals surface area contributed by atoms with Crippen molar-refractivity contribution in [3.63, 3.8) is 0 Å². The molecule has 0 radical (unpaired) electrons. The Bertz CT molecular complexity index is 633. The smallest absolute Gasteiger partial charge is 0.181 e. The standard InChI is InChI=1S/C21H26O5/c1-23-20-13-18(24-14-16-8-4-2-5-9-16)12-19(26-20)15-25-21(22)17-10-6-3-7-11-17/h2-11,18-22H,12-15H2,1H3. The highest BCUT2D eigenvalue weighted by Crippen LogP contribution is 2.25. The zero-order valence-electron chi connectivity index (χ0n) is 15.0. The molecule has 2 aromatic carbocycles. The molecule has 1 saturated heterocycles. The van der Waals surface area contributed by atoms with Crippen LogP contribution in [0.5, 0.6) is 0 Å². The summed E-state index contributed by atoms with van der Waals surface area (Å²) in [5.74, 6) is 0. The van der Waals surface area contributed by atoms with Gasteiger partial charge in [0.2, 0.25) is 0 Å². The van der Waals surface area contributed by atoms with Gasteiger partial charge in [-0.25, -0.2) is 0 Å². The quantitative estimate of drug-likeness (QED) is 0.733. The zero-order chi connectivity index (χ0) is 18.2. The molecule has 2 aromatic rings. The molecule has 5 nitrogen and oxygen atoms in total. The molecule has 26 heavy (non-hydrogen) atoms. The Kier molecular flexibility index (Phi) is 7.17. The second kappa shape index (κ2) is 9.80. The average Bonchev–Trinajstić information content (AvgIpc) is 2.71. The van der Waals surface area contributed by atoms with Gasteiger partial charge < -0.3 is 24.1 Å². The van der Waals surface area contributed by atoms with Gasteiger partial charge in [0.05, 0.1) is 25.4 Å². The molecule has 0 amide bonds. The highest BCUT2D eigenvalue weighted by Gasteiger charge is 2.31. The maximum Gasteiger partial charge on any atom is 0.181 e. The number of benzene rings is 2. The largest absolute Gasteiger partial charge is 0.373 e. The Balaban J connectivity index is 1.50. The first-order valence-corrected chi connectivity index (χ1v) is 8.93. The van der Waals surface area contributed by atoms with Crippen LogP contribution in [0.15, 0.2) is 60.7 Å². The molecule has 3 rings (SSSR count). The van der Waals surface area contributed by atoms with E-state index in [0.717, 1.165) is 11.1 Å². The van der Waals surface area contributed by atoms with Crippen molar-refractivity contribution in [1.82, 2.24) is 0 Å². The van der Waals surface area contributed by atoms with Gasteiger partial charge in [-0.05, 0) is 5.56 Å². The molecule has 1 fully saturated rings. The van der Waals surface area contributed by atoms with E-state index in [4.69, 9.17) is 18.9 Å². The second-order valence-corrected chi connectivity index (χ2v) is 6.41. The summed E-state index contributed by atoms with van der Waals surface area (Å²) in [6, 6.07) is 19.4. The van der Waals surface area contributed by atoms with Crippen molar-refractivity contribution < 1.29 is 24.1 Å². The molecule has 1 N–H and O–H groups in total. The van der Waals surface area contributed by atoms with Crippen molar-refractivity contribution in [3.8, 4) is 0 Å². The number of rotatable bonds is 8. The van der Waals surface area contributed by atoms with Gasteiger partial charge in [0, 0.05) is 25.5 Å². The van der Waals surface area contributed by atoms with Crippen LogP contribution in [0.4, 0.5) is 0 Å². The van der Waals surface area contributed by atoms with Crippen LogP contribution < -0.4 is 0 Å². The molecule has 0 saturated carbocycles. The van der Waals surface area contributed by atoms with Crippen molar-refractivity contribution in [2.75, 3.05) is 13.7 Å². The predicted octanol–water partition coefficient (Wildman–Crippen LogP) is 3.43. The molecule has 5 heteroatoms. The van der Waals surface area contributed by atoms with E-state index in [-0.39, 0.29) is 25.1 Å². The SMILES string of the molecule is COC1CC(OCc2ccccc2)CC(COC(O)c2ccccc2)O1. The van der Waals surface area contributed by atoms with E-state index in [2.05, 4.69) is 0 Å². The number of aliphatic hydroxyl groups is 1. The third-order valence-electron chi connectivity index (χ3n) is 4.44. The molecule has 0 bridgehead atoms. The van der Waals surface area contributed by atoms with Crippen LogP contribution in [0.2, 0.25) is 0 Å². The van der Waals surface area contributed by atoms with Gasteiger partial charge in [0.1, 0.15) is 0 Å². The fourth-order valence-corrected chi connectivity index (χ4v) is 3.03. The Morgan fingerprint density at radius 1 is 1.04 bits per heavy atom. The molecule has 0 aliphatic carbocycles. The van der Waals surface area contributed by atoms with Crippen LogP contribution in [-0.2, 0) is 25.6 Å². The first kappa shape index (κ1) is 19.0. The van der Waals surface area contributed by atoms with Gasteiger partial charge in [-0.2, -0.15) is 0 Å². The highest BCUT2D eigenvalue weighted by molar-refractivity contribution is 5.15. The lowest BCUT2D eigenvalue weighted by atomic mass is 10.1. The monoisotopic (exact) mass is 358 g/mol. The van der Waals surface area contributed by atoms with Crippen LogP contribution in [0.1, 0.15) is 30.3 Å². The summed E-state index contributed by atoms with van der Waals surface area (Å²) in [6.07, 6.45) is -0.0717. The molecule has 1 heterocycles. The van der Waals surface area contributed by atoms with Crippen molar-refractivity contribution in [3.05, 3.63) is 71.8 Å². The van der Waals surface area contributed by atoms with E-state index in [1.54, 1.807) is 7.11 Å². The summed E-state index contributed by atoms with van der Waals surface area (Å²) in [7, 11) is 1.63. The van der Waals surface area contributed by atoms with Crippen LogP contribution in [0.25, 0.3) is 0 Å². The number of hydrogen-bond acceptors (Lipinski definition) is 5. The molecule has 0 spiro atoms. The Morgan fingerprint density at radius 2 is 1.73 bits per heavy atom. The van der Waals surface area contributed by atoms with E-state index in [1.165, 1.54) is 0 Å². The van der Waals surface area contributed by atoms with Crippen molar-refractivity contribution in [2.24, 2.45) is 0 Å². The summed E-state index contributed by atoms with van der Waals surface area (Å²) in [4.78, 5) is 0. The van der Waals surface area contributed by atoms with E-state index in [1.807, 2.05) is 60.7 Å². The van der Waals surface area contributed by atoms with E-state index < -0.39 is 6.29 Å². The second-order valence-electron chi connectivity index (χ2n) is 6.41. The molecule has 0 aromatic heterocycles. The number of ether oxygens (including phenoxy) is 4. The predicted molar refractivity (Wildman–Crippen MR) is 97.3 cm³/mol. The van der Waals surface area contributed by atoms with E-state index in [9.17, 15) is 5.11 Å². The zero-order valence-corrected chi connectivity index (χ0v) is 15.0. The molecule has 1 aliphatic rings. The fraction of sp³-hybridized carbons (Fsp3) is 0.429. The lowest BCUT2D eigenvalue weighted by molar-refractivity contribution is -0.235. The Hall–Kier alpha value is -1.76. The number of hydrogen-bond donors (Lipinski definition) is 1. The maximum absolute atomic E-state index is 10.2. The van der Waals surface area contributed by atoms with Gasteiger partial charge in [-0.1, -0.05) is 60.7 Å². The summed E-state index contributed by atoms with van der Waals surface area (Å²) in [5, 5.41) is 10.2. The molecular formula is C21H26O5. The molecule has 4 atom stereocenters. The topological polar surface area (TPSA) is 57.2 Å². The Morgan fingerprint density at radius 3 is 2.42 bits per heavy atom. The maximum atomic E-state index is 10.2. The first-order chi connectivity index (χ1) is 12.7. The minimum Gasteiger partial charge on any atom is -0.373 e. The van der Waals surface area contributed by atoms with Crippen molar-refractivity contribution in [1.29, 1.82) is 0 Å². The van der Waals surface area contributed by atoms with Gasteiger partial charge in [0.15, 0.2) is 12.6 Å². The average molecular weight is 358 g/mol. The molecule has 4 unspecified atom stereocenters. The van der Waals surface area contributed by atoms with Crippen LogP contribution in [0.3, 0.4) is 0 Å². The van der Waals surface area contributed by atoms with Crippen LogP contribution >= 0.6 is 0 Å². The molecule has 1 aliphatic heterocycles. The lowest BCUT2D eigenvalue weighted by Gasteiger charge is -2.34. The van der Waals surface area contributed by atoms with E-state index in [0.29, 0.717) is 19.4 Å². The summed E-state index contributed by atoms with van der Waals surface area (Å²) in [5.41, 5.74) is 1.86. The highest BCUT2D eigenvalue weighted by atomic mass is 16.7. The van der Waals surface area contributed by atoms with Crippen LogP contribution in [0, 0.1) is 0 Å². The Labute approximate surface area is 154 Å². The minimum absolute atomic E-state index is 0.0244. The van der Waals surface area contributed by atoms with Gasteiger partial charge >= 0.3 is 0 Å². The van der Waals surface area contributed by atoms with E-state index >= 15 is 0 Å². The van der Waals surface area contributed by atoms with Crippen molar-refractivity contribution >= 4 is 0 Å². The third-order valence-corrected chi connectivity index (χ3v) is 4.44. The third kappa shape index (κ3) is 5.62. The van der Waals surface area contributed by atoms with Gasteiger partial charge in [-0.3, -0.25) is 0 Å². The minimum atomic E-state index is -0.966. The summed E-state index contributed by atoms with van der Waals surface area (Å²) < 4.78 is 22.9.